The molecule has 1 atom stereocenters. The number of nitrogens with zero attached hydrogens (tertiary/aromatic N) is 1. The van der Waals surface area contributed by atoms with Gasteiger partial charge in [-0.1, -0.05) is 13.8 Å². The standard InChI is InChI=1S/C12H19BrN2S/c1-9(2)14-11-3-4-15(6-11)7-12-5-10(13)8-16-12/h5,8-9,11,14H,3-4,6-7H2,1-2H3. The van der Waals surface area contributed by atoms with Crippen LogP contribution in [0.3, 0.4) is 0 Å². The molecule has 1 fully saturated rings. The van der Waals surface area contributed by atoms with Crippen LogP contribution in [0.25, 0.3) is 0 Å². The maximum absolute atomic E-state index is 3.62. The zero-order valence-corrected chi connectivity index (χ0v) is 12.3. The first-order chi connectivity index (χ1) is 7.63. The molecule has 0 bridgehead atoms. The van der Waals surface area contributed by atoms with Crippen molar-refractivity contribution in [2.24, 2.45) is 0 Å². The van der Waals surface area contributed by atoms with E-state index in [0.717, 1.165) is 6.54 Å². The largest absolute Gasteiger partial charge is 0.310 e. The molecule has 2 heterocycles. The van der Waals surface area contributed by atoms with E-state index in [9.17, 15) is 0 Å². The average Bonchev–Trinajstić information content (AvgIpc) is 2.76. The molecule has 16 heavy (non-hydrogen) atoms. The monoisotopic (exact) mass is 302 g/mol. The van der Waals surface area contributed by atoms with Gasteiger partial charge in [-0.3, -0.25) is 4.90 Å². The minimum Gasteiger partial charge on any atom is -0.310 e. The minimum absolute atomic E-state index is 0.598. The molecule has 1 aromatic rings. The highest BCUT2D eigenvalue weighted by Gasteiger charge is 2.22. The Morgan fingerprint density at radius 1 is 1.62 bits per heavy atom. The Hall–Kier alpha value is 0.1000. The molecule has 0 aromatic carbocycles. The van der Waals surface area contributed by atoms with Gasteiger partial charge < -0.3 is 5.32 Å². The lowest BCUT2D eigenvalue weighted by Gasteiger charge is -2.17. The smallest absolute Gasteiger partial charge is 0.0328 e. The fraction of sp³-hybridized carbons (Fsp3) is 0.667. The summed E-state index contributed by atoms with van der Waals surface area (Å²) >= 11 is 5.35. The van der Waals surface area contributed by atoms with E-state index < -0.39 is 0 Å². The third-order valence-corrected chi connectivity index (χ3v) is 4.52. The molecular formula is C12H19BrN2S. The molecule has 0 radical (unpaired) electrons. The maximum atomic E-state index is 3.62. The van der Waals surface area contributed by atoms with E-state index in [-0.39, 0.29) is 0 Å². The molecule has 4 heteroatoms. The second kappa shape index (κ2) is 5.63. The number of hydrogen-bond donors (Lipinski definition) is 1. The van der Waals surface area contributed by atoms with Gasteiger partial charge in [0.2, 0.25) is 0 Å². The van der Waals surface area contributed by atoms with E-state index in [1.807, 2.05) is 11.3 Å². The van der Waals surface area contributed by atoms with Crippen LogP contribution in [0.4, 0.5) is 0 Å². The Bertz CT molecular complexity index is 338. The summed E-state index contributed by atoms with van der Waals surface area (Å²) in [6.07, 6.45) is 1.28. The Morgan fingerprint density at radius 3 is 3.06 bits per heavy atom. The number of rotatable bonds is 4. The molecule has 0 saturated carbocycles. The van der Waals surface area contributed by atoms with Gasteiger partial charge >= 0.3 is 0 Å². The molecule has 0 spiro atoms. The van der Waals surface area contributed by atoms with Crippen LogP contribution in [0.5, 0.6) is 0 Å². The van der Waals surface area contributed by atoms with Gasteiger partial charge in [0, 0.05) is 46.4 Å². The van der Waals surface area contributed by atoms with Gasteiger partial charge in [-0.05, 0) is 28.4 Å². The lowest BCUT2D eigenvalue weighted by Crippen LogP contribution is -2.36. The highest BCUT2D eigenvalue weighted by atomic mass is 79.9. The molecule has 2 nitrogen and oxygen atoms in total. The molecule has 1 saturated heterocycles. The molecule has 1 aliphatic rings. The summed E-state index contributed by atoms with van der Waals surface area (Å²) in [4.78, 5) is 4.00. The zero-order valence-electron chi connectivity index (χ0n) is 9.87. The Kier molecular flexibility index (Phi) is 4.41. The van der Waals surface area contributed by atoms with E-state index in [1.54, 1.807) is 0 Å². The van der Waals surface area contributed by atoms with E-state index in [0.29, 0.717) is 12.1 Å². The normalized spacial score (nSPS) is 22.1. The fourth-order valence-corrected chi connectivity index (χ4v) is 3.73. The van der Waals surface area contributed by atoms with Gasteiger partial charge in [-0.25, -0.2) is 0 Å². The molecule has 0 aliphatic carbocycles. The fourth-order valence-electron chi connectivity index (χ4n) is 2.24. The SMILES string of the molecule is CC(C)NC1CCN(Cc2cc(Br)cs2)C1. The highest BCUT2D eigenvalue weighted by Crippen LogP contribution is 2.22. The lowest BCUT2D eigenvalue weighted by molar-refractivity contribution is 0.319. The summed E-state index contributed by atoms with van der Waals surface area (Å²) in [5.74, 6) is 0. The van der Waals surface area contributed by atoms with Crippen LogP contribution in [0.15, 0.2) is 15.9 Å². The summed E-state index contributed by atoms with van der Waals surface area (Å²) in [6.45, 7) is 7.96. The quantitative estimate of drug-likeness (QED) is 0.919. The van der Waals surface area contributed by atoms with E-state index >= 15 is 0 Å². The van der Waals surface area contributed by atoms with Crippen molar-refractivity contribution < 1.29 is 0 Å². The zero-order chi connectivity index (χ0) is 11.5. The van der Waals surface area contributed by atoms with E-state index in [1.165, 1.54) is 28.9 Å². The lowest BCUT2D eigenvalue weighted by atomic mass is 10.2. The van der Waals surface area contributed by atoms with Crippen molar-refractivity contribution in [2.75, 3.05) is 13.1 Å². The molecule has 2 rings (SSSR count). The van der Waals surface area contributed by atoms with Crippen LogP contribution in [-0.2, 0) is 6.54 Å². The number of hydrogen-bond acceptors (Lipinski definition) is 3. The molecule has 90 valence electrons. The predicted molar refractivity (Wildman–Crippen MR) is 74.0 cm³/mol. The number of thiophene rings is 1. The third-order valence-electron chi connectivity index (χ3n) is 2.84. The van der Waals surface area contributed by atoms with Gasteiger partial charge in [0.25, 0.3) is 0 Å². The summed E-state index contributed by atoms with van der Waals surface area (Å²) < 4.78 is 1.21. The molecule has 1 aliphatic heterocycles. The van der Waals surface area contributed by atoms with Gasteiger partial charge in [0.1, 0.15) is 0 Å². The van der Waals surface area contributed by atoms with Crippen molar-refractivity contribution in [1.82, 2.24) is 10.2 Å². The minimum atomic E-state index is 0.598. The van der Waals surface area contributed by atoms with Gasteiger partial charge in [0.15, 0.2) is 0 Å². The van der Waals surface area contributed by atoms with Crippen molar-refractivity contribution in [3.05, 3.63) is 20.8 Å². The molecular weight excluding hydrogens is 284 g/mol. The van der Waals surface area contributed by atoms with Crippen LogP contribution in [0, 0.1) is 0 Å². The van der Waals surface area contributed by atoms with E-state index in [2.05, 4.69) is 51.4 Å². The van der Waals surface area contributed by atoms with Crippen LogP contribution in [0.2, 0.25) is 0 Å². The van der Waals surface area contributed by atoms with Gasteiger partial charge in [-0.2, -0.15) is 0 Å². The van der Waals surface area contributed by atoms with Crippen LogP contribution in [-0.4, -0.2) is 30.1 Å². The number of halogens is 1. The Balaban J connectivity index is 1.80. The molecule has 0 amide bonds. The highest BCUT2D eigenvalue weighted by molar-refractivity contribution is 9.10. The first-order valence-corrected chi connectivity index (χ1v) is 7.52. The summed E-state index contributed by atoms with van der Waals surface area (Å²) in [5.41, 5.74) is 0. The first kappa shape index (κ1) is 12.6. The molecule has 1 unspecified atom stereocenters. The van der Waals surface area contributed by atoms with Crippen molar-refractivity contribution in [1.29, 1.82) is 0 Å². The van der Waals surface area contributed by atoms with Crippen molar-refractivity contribution in [2.45, 2.75) is 38.9 Å². The van der Waals surface area contributed by atoms with Gasteiger partial charge in [-0.15, -0.1) is 11.3 Å². The maximum Gasteiger partial charge on any atom is 0.0328 e. The van der Waals surface area contributed by atoms with E-state index in [4.69, 9.17) is 0 Å². The summed E-state index contributed by atoms with van der Waals surface area (Å²) in [6, 6.07) is 3.51. The summed E-state index contributed by atoms with van der Waals surface area (Å²) in [7, 11) is 0. The first-order valence-electron chi connectivity index (χ1n) is 5.85. The molecule has 1 aromatic heterocycles. The van der Waals surface area contributed by atoms with Crippen molar-refractivity contribution >= 4 is 27.3 Å². The second-order valence-electron chi connectivity index (χ2n) is 4.77. The third kappa shape index (κ3) is 3.55. The van der Waals surface area contributed by atoms with Crippen LogP contribution < -0.4 is 5.32 Å². The Morgan fingerprint density at radius 2 is 2.44 bits per heavy atom. The number of likely N-dealkylation sites (tertiary alicyclic amines) is 1. The van der Waals surface area contributed by atoms with Crippen molar-refractivity contribution in [3.8, 4) is 0 Å². The van der Waals surface area contributed by atoms with Crippen molar-refractivity contribution in [3.63, 3.8) is 0 Å². The van der Waals surface area contributed by atoms with Crippen LogP contribution >= 0.6 is 27.3 Å². The Labute approximate surface area is 110 Å². The molecule has 1 N–H and O–H groups in total. The topological polar surface area (TPSA) is 15.3 Å². The van der Waals surface area contributed by atoms with Crippen LogP contribution in [0.1, 0.15) is 25.1 Å². The summed E-state index contributed by atoms with van der Waals surface area (Å²) in [5, 5.41) is 5.78. The average molecular weight is 303 g/mol. The number of nitrogens with one attached hydrogen (secondary N) is 1. The second-order valence-corrected chi connectivity index (χ2v) is 6.68. The predicted octanol–water partition coefficient (Wildman–Crippen LogP) is 3.08. The van der Waals surface area contributed by atoms with Gasteiger partial charge in [0.05, 0.1) is 0 Å².